The number of amides is 1. The Balaban J connectivity index is 1.88. The van der Waals surface area contributed by atoms with Crippen molar-refractivity contribution in [2.75, 3.05) is 52.1 Å². The van der Waals surface area contributed by atoms with Gasteiger partial charge in [0.05, 0.1) is 24.9 Å². The summed E-state index contributed by atoms with van der Waals surface area (Å²) >= 11 is 7.18. The maximum atomic E-state index is 13.3. The molecular formula is C23H28ClN3O5S2. The molecule has 0 fully saturated rings. The van der Waals surface area contributed by atoms with Gasteiger partial charge in [0.25, 0.3) is 0 Å². The van der Waals surface area contributed by atoms with Gasteiger partial charge >= 0.3 is 0 Å². The molecule has 0 spiro atoms. The number of aromatic nitrogens is 1. The van der Waals surface area contributed by atoms with Crippen LogP contribution in [-0.4, -0.2) is 71.4 Å². The summed E-state index contributed by atoms with van der Waals surface area (Å²) in [6.07, 6.45) is 0.532. The number of ether oxygens (including phenoxy) is 2. The van der Waals surface area contributed by atoms with E-state index in [1.165, 1.54) is 35.6 Å². The van der Waals surface area contributed by atoms with Gasteiger partial charge in [0.15, 0.2) is 15.0 Å². The number of sulfone groups is 1. The summed E-state index contributed by atoms with van der Waals surface area (Å²) in [4.78, 5) is 21.7. The number of carbonyl (C=O) groups is 1. The highest BCUT2D eigenvalue weighted by Crippen LogP contribution is 2.40. The molecule has 11 heteroatoms. The average molecular weight is 526 g/mol. The predicted molar refractivity (Wildman–Crippen MR) is 136 cm³/mol. The molecule has 3 aromatic rings. The summed E-state index contributed by atoms with van der Waals surface area (Å²) in [5.41, 5.74) is 0.598. The van der Waals surface area contributed by atoms with Gasteiger partial charge in [-0.3, -0.25) is 9.69 Å². The summed E-state index contributed by atoms with van der Waals surface area (Å²) in [7, 11) is 3.40. The summed E-state index contributed by atoms with van der Waals surface area (Å²) in [6.45, 7) is 1.17. The van der Waals surface area contributed by atoms with Crippen LogP contribution in [0.2, 0.25) is 5.02 Å². The topological polar surface area (TPSA) is 89.0 Å². The van der Waals surface area contributed by atoms with E-state index in [0.29, 0.717) is 40.1 Å². The fourth-order valence-corrected chi connectivity index (χ4v) is 5.85. The molecule has 0 saturated carbocycles. The van der Waals surface area contributed by atoms with Gasteiger partial charge in [-0.15, -0.1) is 0 Å². The lowest BCUT2D eigenvalue weighted by Gasteiger charge is -2.21. The normalized spacial score (nSPS) is 11.7. The molecule has 8 nitrogen and oxygen atoms in total. The minimum Gasteiger partial charge on any atom is -0.495 e. The van der Waals surface area contributed by atoms with Crippen LogP contribution >= 0.6 is 22.9 Å². The van der Waals surface area contributed by atoms with Crippen LogP contribution in [0.1, 0.15) is 12.8 Å². The van der Waals surface area contributed by atoms with Crippen molar-refractivity contribution in [3.8, 4) is 11.5 Å². The third-order valence-electron chi connectivity index (χ3n) is 5.18. The highest BCUT2D eigenvalue weighted by molar-refractivity contribution is 7.91. The van der Waals surface area contributed by atoms with Gasteiger partial charge < -0.3 is 14.4 Å². The van der Waals surface area contributed by atoms with Crippen LogP contribution in [0.3, 0.4) is 0 Å². The molecule has 1 aromatic heterocycles. The molecule has 0 aliphatic rings. The highest BCUT2D eigenvalue weighted by atomic mass is 35.5. The van der Waals surface area contributed by atoms with Gasteiger partial charge in [-0.2, -0.15) is 0 Å². The first-order valence-corrected chi connectivity index (χ1v) is 13.5. The number of benzene rings is 2. The van der Waals surface area contributed by atoms with Crippen LogP contribution < -0.4 is 14.4 Å². The Bertz CT molecular complexity index is 1200. The largest absolute Gasteiger partial charge is 0.495 e. The number of halogens is 1. The zero-order chi connectivity index (χ0) is 24.9. The Morgan fingerprint density at radius 3 is 2.29 bits per heavy atom. The number of thiazole rings is 1. The van der Waals surface area contributed by atoms with Crippen LogP contribution in [-0.2, 0) is 14.6 Å². The Kier molecular flexibility index (Phi) is 8.75. The van der Waals surface area contributed by atoms with Crippen molar-refractivity contribution in [2.24, 2.45) is 0 Å². The molecule has 1 heterocycles. The Morgan fingerprint density at radius 1 is 1.03 bits per heavy atom. The molecule has 0 aliphatic carbocycles. The van der Waals surface area contributed by atoms with E-state index >= 15 is 0 Å². The third kappa shape index (κ3) is 6.18. The van der Waals surface area contributed by atoms with Crippen LogP contribution in [0.4, 0.5) is 5.13 Å². The SMILES string of the molecule is COc1ccc(OC)c2sc(N(CCCN(C)C)C(=O)CCS(=O)(=O)c3ccc(Cl)cc3)nc12. The van der Waals surface area contributed by atoms with Crippen molar-refractivity contribution in [1.29, 1.82) is 0 Å². The van der Waals surface area contributed by atoms with E-state index in [9.17, 15) is 13.2 Å². The molecule has 184 valence electrons. The van der Waals surface area contributed by atoms with Crippen molar-refractivity contribution in [3.63, 3.8) is 0 Å². The first-order chi connectivity index (χ1) is 16.2. The van der Waals surface area contributed by atoms with E-state index in [0.717, 1.165) is 11.2 Å². The number of carbonyl (C=O) groups excluding carboxylic acids is 1. The summed E-state index contributed by atoms with van der Waals surface area (Å²) in [5.74, 6) is 0.581. The smallest absolute Gasteiger partial charge is 0.229 e. The first kappa shape index (κ1) is 26.2. The minimum absolute atomic E-state index is 0.137. The van der Waals surface area contributed by atoms with E-state index in [4.69, 9.17) is 21.1 Å². The molecule has 34 heavy (non-hydrogen) atoms. The van der Waals surface area contributed by atoms with E-state index in [-0.39, 0.29) is 23.0 Å². The van der Waals surface area contributed by atoms with Crippen LogP contribution in [0.25, 0.3) is 10.2 Å². The van der Waals surface area contributed by atoms with E-state index in [1.54, 1.807) is 31.3 Å². The van der Waals surface area contributed by atoms with Crippen molar-refractivity contribution < 1.29 is 22.7 Å². The third-order valence-corrected chi connectivity index (χ3v) is 8.25. The molecule has 0 unspecified atom stereocenters. The summed E-state index contributed by atoms with van der Waals surface area (Å²) in [6, 6.07) is 9.49. The molecule has 0 atom stereocenters. The first-order valence-electron chi connectivity index (χ1n) is 10.6. The number of methoxy groups -OCH3 is 2. The summed E-state index contributed by atoms with van der Waals surface area (Å²) < 4.78 is 37.2. The molecule has 0 saturated heterocycles. The van der Waals surface area contributed by atoms with Gasteiger partial charge in [-0.1, -0.05) is 22.9 Å². The number of hydrogen-bond donors (Lipinski definition) is 0. The second kappa shape index (κ2) is 11.4. The molecule has 2 aromatic carbocycles. The van der Waals surface area contributed by atoms with Crippen molar-refractivity contribution in [2.45, 2.75) is 17.7 Å². The molecule has 0 aliphatic heterocycles. The fraction of sp³-hybridized carbons (Fsp3) is 0.391. The lowest BCUT2D eigenvalue weighted by Crippen LogP contribution is -2.34. The van der Waals surface area contributed by atoms with Gasteiger partial charge in [0, 0.05) is 18.0 Å². The van der Waals surface area contributed by atoms with E-state index in [1.807, 2.05) is 19.0 Å². The van der Waals surface area contributed by atoms with Gasteiger partial charge in [0.1, 0.15) is 21.7 Å². The number of nitrogens with zero attached hydrogens (tertiary/aromatic N) is 3. The van der Waals surface area contributed by atoms with Crippen molar-refractivity contribution >= 4 is 54.0 Å². The highest BCUT2D eigenvalue weighted by Gasteiger charge is 2.24. The summed E-state index contributed by atoms with van der Waals surface area (Å²) in [5, 5.41) is 0.925. The fourth-order valence-electron chi connectivity index (χ4n) is 3.38. The monoisotopic (exact) mass is 525 g/mol. The van der Waals surface area contributed by atoms with Gasteiger partial charge in [-0.05, 0) is 63.5 Å². The number of anilines is 1. The van der Waals surface area contributed by atoms with Crippen LogP contribution in [0.5, 0.6) is 11.5 Å². The second-order valence-electron chi connectivity index (χ2n) is 7.87. The molecule has 0 bridgehead atoms. The van der Waals surface area contributed by atoms with E-state index < -0.39 is 9.84 Å². The zero-order valence-corrected chi connectivity index (χ0v) is 22.0. The lowest BCUT2D eigenvalue weighted by atomic mass is 10.3. The van der Waals surface area contributed by atoms with Gasteiger partial charge in [0.2, 0.25) is 5.91 Å². The second-order valence-corrected chi connectivity index (χ2v) is 11.4. The van der Waals surface area contributed by atoms with Crippen molar-refractivity contribution in [1.82, 2.24) is 9.88 Å². The minimum atomic E-state index is -3.64. The molecular weight excluding hydrogens is 498 g/mol. The Morgan fingerprint density at radius 2 is 1.68 bits per heavy atom. The Hall–Kier alpha value is -2.40. The molecule has 0 radical (unpaired) electrons. The van der Waals surface area contributed by atoms with Crippen LogP contribution in [0.15, 0.2) is 41.3 Å². The predicted octanol–water partition coefficient (Wildman–Crippen LogP) is 4.12. The molecule has 1 amide bonds. The lowest BCUT2D eigenvalue weighted by molar-refractivity contribution is -0.118. The average Bonchev–Trinajstić information content (AvgIpc) is 3.25. The molecule has 0 N–H and O–H groups in total. The van der Waals surface area contributed by atoms with Crippen LogP contribution in [0, 0.1) is 0 Å². The maximum Gasteiger partial charge on any atom is 0.229 e. The standard InChI is InChI=1S/C23H28ClN3O5S2/c1-26(2)13-5-14-27(20(28)12-15-34(29,30)17-8-6-16(24)7-9-17)23-25-21-18(31-3)10-11-19(32-4)22(21)33-23/h6-11H,5,12-15H2,1-4H3. The zero-order valence-electron chi connectivity index (χ0n) is 19.6. The number of fused-ring (bicyclic) bond motifs is 1. The number of hydrogen-bond acceptors (Lipinski definition) is 8. The van der Waals surface area contributed by atoms with E-state index in [2.05, 4.69) is 4.98 Å². The molecule has 3 rings (SSSR count). The van der Waals surface area contributed by atoms with Crippen molar-refractivity contribution in [3.05, 3.63) is 41.4 Å². The quantitative estimate of drug-likeness (QED) is 0.372. The maximum absolute atomic E-state index is 13.3. The number of rotatable bonds is 11. The van der Waals surface area contributed by atoms with Gasteiger partial charge in [-0.25, -0.2) is 13.4 Å². The Labute approximate surface area is 209 Å².